The van der Waals surface area contributed by atoms with E-state index in [-0.39, 0.29) is 29.0 Å². The Kier molecular flexibility index (Phi) is 4.83. The van der Waals surface area contributed by atoms with Crippen LogP contribution in [-0.2, 0) is 0 Å². The number of piperidine rings is 1. The molecule has 0 aliphatic carbocycles. The number of amides is 2. The number of hydrogen-bond acceptors (Lipinski definition) is 5. The number of H-pyrrole nitrogens is 2. The van der Waals surface area contributed by atoms with Crippen molar-refractivity contribution >= 4 is 17.5 Å². The van der Waals surface area contributed by atoms with Crippen molar-refractivity contribution in [2.75, 3.05) is 18.4 Å². The molecule has 0 spiro atoms. The molecular formula is C18H18FN7O2. The van der Waals surface area contributed by atoms with E-state index in [1.807, 2.05) is 0 Å². The lowest BCUT2D eigenvalue weighted by Crippen LogP contribution is -2.38. The molecule has 1 aliphatic rings. The van der Waals surface area contributed by atoms with Crippen LogP contribution in [0.4, 0.5) is 10.1 Å². The van der Waals surface area contributed by atoms with Crippen LogP contribution in [0.3, 0.4) is 0 Å². The van der Waals surface area contributed by atoms with Crippen LogP contribution in [0, 0.1) is 5.82 Å². The highest BCUT2D eigenvalue weighted by Gasteiger charge is 2.27. The molecular weight excluding hydrogens is 365 g/mol. The molecule has 4 rings (SSSR count). The molecule has 1 aliphatic heterocycles. The van der Waals surface area contributed by atoms with E-state index in [1.54, 1.807) is 23.1 Å². The third-order valence-electron chi connectivity index (χ3n) is 4.79. The lowest BCUT2D eigenvalue weighted by atomic mass is 9.93. The summed E-state index contributed by atoms with van der Waals surface area (Å²) in [6.45, 7) is 1.14. The number of nitrogens with zero attached hydrogens (tertiary/aromatic N) is 4. The van der Waals surface area contributed by atoms with Gasteiger partial charge in [-0.15, -0.1) is 0 Å². The van der Waals surface area contributed by atoms with Crippen LogP contribution < -0.4 is 5.32 Å². The topological polar surface area (TPSA) is 120 Å². The van der Waals surface area contributed by atoms with Crippen molar-refractivity contribution in [2.24, 2.45) is 0 Å². The number of halogens is 1. The Labute approximate surface area is 159 Å². The third-order valence-corrected chi connectivity index (χ3v) is 4.79. The summed E-state index contributed by atoms with van der Waals surface area (Å²) < 4.78 is 13.7. The van der Waals surface area contributed by atoms with Gasteiger partial charge in [-0.05, 0) is 31.0 Å². The predicted octanol–water partition coefficient (Wildman–Crippen LogP) is 1.94. The predicted molar refractivity (Wildman–Crippen MR) is 97.2 cm³/mol. The fourth-order valence-corrected chi connectivity index (χ4v) is 3.26. The first-order chi connectivity index (χ1) is 13.6. The minimum absolute atomic E-state index is 0.108. The second kappa shape index (κ2) is 7.59. The molecule has 9 nitrogen and oxygen atoms in total. The average molecular weight is 383 g/mol. The van der Waals surface area contributed by atoms with Gasteiger partial charge >= 0.3 is 0 Å². The largest absolute Gasteiger partial charge is 0.336 e. The zero-order valence-corrected chi connectivity index (χ0v) is 14.9. The van der Waals surface area contributed by atoms with Crippen molar-refractivity contribution in [3.05, 3.63) is 59.7 Å². The van der Waals surface area contributed by atoms with Crippen LogP contribution in [0.2, 0.25) is 0 Å². The van der Waals surface area contributed by atoms with Gasteiger partial charge in [-0.1, -0.05) is 12.1 Å². The van der Waals surface area contributed by atoms with Crippen LogP contribution in [-0.4, -0.2) is 55.2 Å². The maximum atomic E-state index is 13.7. The van der Waals surface area contributed by atoms with Gasteiger partial charge in [0, 0.05) is 24.7 Å². The molecule has 10 heteroatoms. The lowest BCUT2D eigenvalue weighted by Gasteiger charge is -2.30. The van der Waals surface area contributed by atoms with E-state index in [4.69, 9.17) is 0 Å². The Bertz CT molecular complexity index is 978. The number of carbonyl (C=O) groups is 2. The standard InChI is InChI=1S/C18H18FN7O2/c19-12-3-1-2-4-13(12)22-17(27)15-9-14(23-24-15)11-5-7-26(8-6-11)18(28)16-20-10-21-25-16/h1-4,9-11H,5-8H2,(H,22,27)(H,23,24)(H,20,21,25). The van der Waals surface area contributed by atoms with E-state index >= 15 is 0 Å². The summed E-state index contributed by atoms with van der Waals surface area (Å²) in [6.07, 6.45) is 2.77. The zero-order valence-electron chi connectivity index (χ0n) is 14.9. The molecule has 3 aromatic rings. The molecule has 28 heavy (non-hydrogen) atoms. The number of hydrogen-bond donors (Lipinski definition) is 3. The number of carbonyl (C=O) groups excluding carboxylic acids is 2. The van der Waals surface area contributed by atoms with E-state index in [1.165, 1.54) is 18.5 Å². The highest BCUT2D eigenvalue weighted by atomic mass is 19.1. The van der Waals surface area contributed by atoms with Gasteiger partial charge in [-0.2, -0.15) is 10.2 Å². The molecule has 0 saturated carbocycles. The fourth-order valence-electron chi connectivity index (χ4n) is 3.26. The Balaban J connectivity index is 1.37. The highest BCUT2D eigenvalue weighted by Crippen LogP contribution is 2.27. The molecule has 2 amide bonds. The van der Waals surface area contributed by atoms with Crippen molar-refractivity contribution in [3.8, 4) is 0 Å². The summed E-state index contributed by atoms with van der Waals surface area (Å²) in [7, 11) is 0. The summed E-state index contributed by atoms with van der Waals surface area (Å²) >= 11 is 0. The molecule has 2 aromatic heterocycles. The molecule has 0 atom stereocenters. The summed E-state index contributed by atoms with van der Waals surface area (Å²) in [4.78, 5) is 30.2. The molecule has 3 heterocycles. The van der Waals surface area contributed by atoms with Gasteiger partial charge in [0.05, 0.1) is 5.69 Å². The number of nitrogens with one attached hydrogen (secondary N) is 3. The minimum Gasteiger partial charge on any atom is -0.336 e. The maximum Gasteiger partial charge on any atom is 0.291 e. The fraction of sp³-hybridized carbons (Fsp3) is 0.278. The van der Waals surface area contributed by atoms with Gasteiger partial charge in [0.25, 0.3) is 11.8 Å². The first-order valence-electron chi connectivity index (χ1n) is 8.87. The minimum atomic E-state index is -0.504. The second-order valence-electron chi connectivity index (χ2n) is 6.54. The Morgan fingerprint density at radius 1 is 1.18 bits per heavy atom. The van der Waals surface area contributed by atoms with Crippen LogP contribution in [0.1, 0.15) is 45.6 Å². The number of benzene rings is 1. The van der Waals surface area contributed by atoms with Crippen LogP contribution in [0.25, 0.3) is 0 Å². The van der Waals surface area contributed by atoms with Crippen LogP contribution >= 0.6 is 0 Å². The van der Waals surface area contributed by atoms with Crippen molar-refractivity contribution in [1.29, 1.82) is 0 Å². The van der Waals surface area contributed by atoms with Crippen molar-refractivity contribution in [2.45, 2.75) is 18.8 Å². The summed E-state index contributed by atoms with van der Waals surface area (Å²) in [5, 5.41) is 15.7. The quantitative estimate of drug-likeness (QED) is 0.636. The van der Waals surface area contributed by atoms with E-state index < -0.39 is 11.7 Å². The summed E-state index contributed by atoms with van der Waals surface area (Å²) in [5.41, 5.74) is 1.13. The van der Waals surface area contributed by atoms with E-state index in [0.717, 1.165) is 18.5 Å². The molecule has 0 unspecified atom stereocenters. The molecule has 0 bridgehead atoms. The van der Waals surface area contributed by atoms with Gasteiger partial charge in [0.1, 0.15) is 12.1 Å². The van der Waals surface area contributed by atoms with Gasteiger partial charge in [0.15, 0.2) is 5.69 Å². The number of aromatic nitrogens is 5. The van der Waals surface area contributed by atoms with Gasteiger partial charge in [-0.3, -0.25) is 19.8 Å². The van der Waals surface area contributed by atoms with E-state index in [2.05, 4.69) is 30.7 Å². The van der Waals surface area contributed by atoms with Crippen LogP contribution in [0.15, 0.2) is 36.7 Å². The first-order valence-corrected chi connectivity index (χ1v) is 8.87. The smallest absolute Gasteiger partial charge is 0.291 e. The molecule has 144 valence electrons. The van der Waals surface area contributed by atoms with Crippen molar-refractivity contribution in [1.82, 2.24) is 30.3 Å². The SMILES string of the molecule is O=C(Nc1ccccc1F)c1cc(C2CCN(C(=O)c3ncn[nH]3)CC2)[nH]n1. The summed E-state index contributed by atoms with van der Waals surface area (Å²) in [6, 6.07) is 7.63. The average Bonchev–Trinajstić information content (AvgIpc) is 3.42. The molecule has 1 saturated heterocycles. The molecule has 1 fully saturated rings. The maximum absolute atomic E-state index is 13.7. The third kappa shape index (κ3) is 3.61. The van der Waals surface area contributed by atoms with Crippen molar-refractivity contribution in [3.63, 3.8) is 0 Å². The van der Waals surface area contributed by atoms with Crippen LogP contribution in [0.5, 0.6) is 0 Å². The summed E-state index contributed by atoms with van der Waals surface area (Å²) in [5.74, 6) is -0.778. The molecule has 0 radical (unpaired) electrons. The number of anilines is 1. The highest BCUT2D eigenvalue weighted by molar-refractivity contribution is 6.03. The Morgan fingerprint density at radius 2 is 1.96 bits per heavy atom. The monoisotopic (exact) mass is 383 g/mol. The molecule has 3 N–H and O–H groups in total. The number of rotatable bonds is 4. The molecule has 1 aromatic carbocycles. The lowest BCUT2D eigenvalue weighted by molar-refractivity contribution is 0.0700. The first kappa shape index (κ1) is 17.8. The van der Waals surface area contributed by atoms with E-state index in [9.17, 15) is 14.0 Å². The van der Waals surface area contributed by atoms with Gasteiger partial charge in [0.2, 0.25) is 5.82 Å². The Morgan fingerprint density at radius 3 is 2.68 bits per heavy atom. The number of likely N-dealkylation sites (tertiary alicyclic amines) is 1. The van der Waals surface area contributed by atoms with Crippen molar-refractivity contribution < 1.29 is 14.0 Å². The van der Waals surface area contributed by atoms with E-state index in [0.29, 0.717) is 13.1 Å². The second-order valence-corrected chi connectivity index (χ2v) is 6.54. The Hall–Kier alpha value is -3.56. The number of para-hydroxylation sites is 1. The zero-order chi connectivity index (χ0) is 19.5. The number of aromatic amines is 2. The van der Waals surface area contributed by atoms with Gasteiger partial charge < -0.3 is 10.2 Å². The normalized spacial score (nSPS) is 14.8. The van der Waals surface area contributed by atoms with Gasteiger partial charge in [-0.25, -0.2) is 9.37 Å².